The lowest BCUT2D eigenvalue weighted by Crippen LogP contribution is -2.19. The predicted molar refractivity (Wildman–Crippen MR) is 62.6 cm³/mol. The van der Waals surface area contributed by atoms with E-state index in [1.165, 1.54) is 0 Å². The Balaban J connectivity index is 0.000000321. The first-order chi connectivity index (χ1) is 8.72. The third-order valence-electron chi connectivity index (χ3n) is 1.53. The third-order valence-corrected chi connectivity index (χ3v) is 1.53. The number of aliphatic hydroxyl groups is 2. The average Bonchev–Trinajstić information content (AvgIpc) is 2.40. The number of carboxylic acids is 1. The summed E-state index contributed by atoms with van der Waals surface area (Å²) in [4.78, 5) is 19.1. The number of hydrogen-bond acceptors (Lipinski definition) is 6. The van der Waals surface area contributed by atoms with Crippen molar-refractivity contribution in [1.82, 2.24) is 5.64 Å². The largest absolute Gasteiger partial charge is 0.478 e. The topological polar surface area (TPSA) is 108 Å². The van der Waals surface area contributed by atoms with Gasteiger partial charge in [0.05, 0.1) is 32.0 Å². The van der Waals surface area contributed by atoms with Crippen molar-refractivity contribution in [3.8, 4) is 0 Å². The fourth-order valence-corrected chi connectivity index (χ4v) is 0.797. The Labute approximate surface area is 104 Å². The molecule has 0 heterocycles. The molecule has 0 spiro atoms. The molecule has 0 bridgehead atoms. The summed E-state index contributed by atoms with van der Waals surface area (Å²) in [7, 11) is 0. The molecule has 0 aliphatic rings. The summed E-state index contributed by atoms with van der Waals surface area (Å²) >= 11 is 0. The number of carboxylic acid groups (broad SMARTS) is 1. The second-order valence-electron chi connectivity index (χ2n) is 2.90. The molecule has 1 aromatic carbocycles. The fraction of sp³-hybridized carbons (Fsp3) is 0.364. The summed E-state index contributed by atoms with van der Waals surface area (Å²) in [6.07, 6.45) is 0. The Morgan fingerprint density at radius 1 is 1.06 bits per heavy atom. The van der Waals surface area contributed by atoms with E-state index in [0.717, 1.165) is 0 Å². The molecule has 0 amide bonds. The van der Waals surface area contributed by atoms with E-state index < -0.39 is 5.97 Å². The van der Waals surface area contributed by atoms with Crippen LogP contribution in [-0.2, 0) is 9.68 Å². The molecular weight excluding hydrogens is 242 g/mol. The molecule has 4 N–H and O–H groups in total. The Morgan fingerprint density at radius 3 is 1.89 bits per heavy atom. The normalized spacial score (nSPS) is 9.44. The quantitative estimate of drug-likeness (QED) is 0.397. The molecule has 7 nitrogen and oxygen atoms in total. The molecule has 0 unspecified atom stereocenters. The maximum atomic E-state index is 10.2. The van der Waals surface area contributed by atoms with Crippen LogP contribution in [0.5, 0.6) is 0 Å². The molecule has 7 heteroatoms. The third kappa shape index (κ3) is 9.70. The van der Waals surface area contributed by atoms with E-state index in [-0.39, 0.29) is 26.4 Å². The van der Waals surface area contributed by atoms with Gasteiger partial charge in [-0.3, -0.25) is 9.68 Å². The lowest BCUT2D eigenvalue weighted by atomic mass is 10.2. The Bertz CT molecular complexity index is 300. The second-order valence-corrected chi connectivity index (χ2v) is 2.90. The molecule has 0 aliphatic heterocycles. The molecule has 1 aromatic rings. The first-order valence-electron chi connectivity index (χ1n) is 5.21. The van der Waals surface area contributed by atoms with Crippen molar-refractivity contribution in [2.24, 2.45) is 0 Å². The van der Waals surface area contributed by atoms with E-state index >= 15 is 0 Å². The minimum atomic E-state index is -0.879. The second kappa shape index (κ2) is 12.0. The first-order valence-corrected chi connectivity index (χ1v) is 5.21. The van der Waals surface area contributed by atoms with Gasteiger partial charge in [-0.1, -0.05) is 23.8 Å². The van der Waals surface area contributed by atoms with Gasteiger partial charge in [-0.2, -0.15) is 0 Å². The van der Waals surface area contributed by atoms with Gasteiger partial charge >= 0.3 is 5.97 Å². The van der Waals surface area contributed by atoms with Gasteiger partial charge in [0, 0.05) is 0 Å². The highest BCUT2D eigenvalue weighted by atomic mass is 16.9. The van der Waals surface area contributed by atoms with Gasteiger partial charge in [0.15, 0.2) is 0 Å². The summed E-state index contributed by atoms with van der Waals surface area (Å²) in [5.41, 5.74) is 2.40. The van der Waals surface area contributed by atoms with Crippen molar-refractivity contribution in [1.29, 1.82) is 0 Å². The zero-order valence-corrected chi connectivity index (χ0v) is 9.78. The highest BCUT2D eigenvalue weighted by Crippen LogP contribution is 1.96. The van der Waals surface area contributed by atoms with Crippen LogP contribution in [0.4, 0.5) is 0 Å². The number of benzene rings is 1. The summed E-state index contributed by atoms with van der Waals surface area (Å²) in [5, 5.41) is 24.7. The zero-order valence-electron chi connectivity index (χ0n) is 9.78. The summed E-state index contributed by atoms with van der Waals surface area (Å²) in [6.45, 7) is 0.224. The van der Waals surface area contributed by atoms with Crippen molar-refractivity contribution in [3.05, 3.63) is 35.9 Å². The number of aromatic carboxylic acids is 1. The molecule has 0 saturated carbocycles. The number of rotatable bonds is 7. The molecule has 0 radical (unpaired) electrons. The highest BCUT2D eigenvalue weighted by Gasteiger charge is 1.96. The van der Waals surface area contributed by atoms with Crippen LogP contribution < -0.4 is 5.64 Å². The van der Waals surface area contributed by atoms with E-state index in [9.17, 15) is 4.79 Å². The van der Waals surface area contributed by atoms with Gasteiger partial charge in [0.25, 0.3) is 0 Å². The summed E-state index contributed by atoms with van der Waals surface area (Å²) in [6, 6.07) is 8.30. The van der Waals surface area contributed by atoms with Gasteiger partial charge in [-0.25, -0.2) is 4.79 Å². The van der Waals surface area contributed by atoms with Crippen molar-refractivity contribution in [2.45, 2.75) is 0 Å². The zero-order chi connectivity index (χ0) is 13.6. The molecule has 0 aliphatic carbocycles. The van der Waals surface area contributed by atoms with Crippen molar-refractivity contribution < 1.29 is 29.8 Å². The van der Waals surface area contributed by atoms with Crippen LogP contribution in [0.25, 0.3) is 0 Å². The van der Waals surface area contributed by atoms with Crippen LogP contribution >= 0.6 is 0 Å². The Kier molecular flexibility index (Phi) is 11.0. The number of hydrogen-bond donors (Lipinski definition) is 4. The van der Waals surface area contributed by atoms with Crippen LogP contribution in [0.2, 0.25) is 0 Å². The average molecular weight is 259 g/mol. The first kappa shape index (κ1) is 16.5. The van der Waals surface area contributed by atoms with Crippen LogP contribution in [0.15, 0.2) is 30.3 Å². The predicted octanol–water partition coefficient (Wildman–Crippen LogP) is -0.191. The van der Waals surface area contributed by atoms with Crippen molar-refractivity contribution in [2.75, 3.05) is 26.4 Å². The SMILES string of the molecule is O=C(O)c1ccccc1.OCCONOCCO. The Hall–Kier alpha value is -1.51. The van der Waals surface area contributed by atoms with Crippen LogP contribution in [0.1, 0.15) is 10.4 Å². The molecular formula is C11H17NO6. The van der Waals surface area contributed by atoms with E-state index in [4.69, 9.17) is 15.3 Å². The molecule has 0 saturated heterocycles. The van der Waals surface area contributed by atoms with Gasteiger partial charge in [0.1, 0.15) is 0 Å². The minimum absolute atomic E-state index is 0.0600. The molecule has 1 rings (SSSR count). The van der Waals surface area contributed by atoms with Gasteiger partial charge < -0.3 is 15.3 Å². The molecule has 0 fully saturated rings. The molecule has 0 aromatic heterocycles. The Morgan fingerprint density at radius 2 is 1.56 bits per heavy atom. The monoisotopic (exact) mass is 259 g/mol. The molecule has 0 atom stereocenters. The van der Waals surface area contributed by atoms with Gasteiger partial charge in [0.2, 0.25) is 0 Å². The van der Waals surface area contributed by atoms with Crippen molar-refractivity contribution in [3.63, 3.8) is 0 Å². The van der Waals surface area contributed by atoms with E-state index in [1.54, 1.807) is 30.3 Å². The summed E-state index contributed by atoms with van der Waals surface area (Å²) < 4.78 is 0. The van der Waals surface area contributed by atoms with E-state index in [0.29, 0.717) is 5.56 Å². The summed E-state index contributed by atoms with van der Waals surface area (Å²) in [5.74, 6) is -0.879. The van der Waals surface area contributed by atoms with E-state index in [2.05, 4.69) is 15.3 Å². The maximum Gasteiger partial charge on any atom is 0.335 e. The van der Waals surface area contributed by atoms with E-state index in [1.807, 2.05) is 0 Å². The fourth-order valence-electron chi connectivity index (χ4n) is 0.797. The van der Waals surface area contributed by atoms with Crippen LogP contribution in [-0.4, -0.2) is 47.7 Å². The van der Waals surface area contributed by atoms with Crippen LogP contribution in [0.3, 0.4) is 0 Å². The molecule has 102 valence electrons. The smallest absolute Gasteiger partial charge is 0.335 e. The number of aliphatic hydroxyl groups excluding tert-OH is 2. The van der Waals surface area contributed by atoms with Crippen LogP contribution in [0, 0.1) is 0 Å². The van der Waals surface area contributed by atoms with Crippen molar-refractivity contribution >= 4 is 5.97 Å². The molecule has 18 heavy (non-hydrogen) atoms. The van der Waals surface area contributed by atoms with Gasteiger partial charge in [-0.05, 0) is 12.1 Å². The van der Waals surface area contributed by atoms with Gasteiger partial charge in [-0.15, -0.1) is 0 Å². The standard InChI is InChI=1S/C7H6O2.C4H11NO4/c8-7(9)6-4-2-1-3-5-6;6-1-3-8-5-9-4-2-7/h1-5H,(H,8,9);5-7H,1-4H2. The number of carbonyl (C=O) groups is 1. The lowest BCUT2D eigenvalue weighted by molar-refractivity contribution is -0.178. The number of nitrogens with one attached hydrogen (secondary N) is 1. The maximum absolute atomic E-state index is 10.2. The highest BCUT2D eigenvalue weighted by molar-refractivity contribution is 5.87. The lowest BCUT2D eigenvalue weighted by Gasteiger charge is -2.01. The minimum Gasteiger partial charge on any atom is -0.478 e.